The first kappa shape index (κ1) is 18.6. The van der Waals surface area contributed by atoms with E-state index in [2.05, 4.69) is 4.74 Å². The van der Waals surface area contributed by atoms with Crippen molar-refractivity contribution in [1.29, 1.82) is 0 Å². The SMILES string of the molecule is COC(=O)C(C(F)F)C(O)(c1ccc(C(C)C)cc1)C(C)C. The van der Waals surface area contributed by atoms with E-state index in [9.17, 15) is 18.7 Å². The zero-order chi connectivity index (χ0) is 17.1. The van der Waals surface area contributed by atoms with Gasteiger partial charge < -0.3 is 9.84 Å². The summed E-state index contributed by atoms with van der Waals surface area (Å²) in [7, 11) is 1.04. The van der Waals surface area contributed by atoms with Gasteiger partial charge in [-0.25, -0.2) is 8.78 Å². The number of methoxy groups -OCH3 is 1. The highest BCUT2D eigenvalue weighted by Crippen LogP contribution is 2.41. The highest BCUT2D eigenvalue weighted by atomic mass is 19.3. The fourth-order valence-corrected chi connectivity index (χ4v) is 2.61. The van der Waals surface area contributed by atoms with Crippen molar-refractivity contribution in [2.24, 2.45) is 11.8 Å². The van der Waals surface area contributed by atoms with Crippen LogP contribution in [0.15, 0.2) is 24.3 Å². The van der Waals surface area contributed by atoms with Crippen LogP contribution in [0.1, 0.15) is 44.7 Å². The van der Waals surface area contributed by atoms with Crippen molar-refractivity contribution in [3.05, 3.63) is 35.4 Å². The minimum Gasteiger partial charge on any atom is -0.469 e. The molecule has 0 fully saturated rings. The Bertz CT molecular complexity index is 497. The Balaban J connectivity index is 3.38. The van der Waals surface area contributed by atoms with Gasteiger partial charge in [0.2, 0.25) is 0 Å². The number of benzene rings is 1. The second kappa shape index (κ2) is 7.18. The van der Waals surface area contributed by atoms with E-state index < -0.39 is 29.8 Å². The van der Waals surface area contributed by atoms with Gasteiger partial charge >= 0.3 is 5.97 Å². The van der Waals surface area contributed by atoms with Gasteiger partial charge in [-0.1, -0.05) is 52.0 Å². The molecule has 1 rings (SSSR count). The molecule has 0 aliphatic carbocycles. The molecule has 0 saturated carbocycles. The molecule has 124 valence electrons. The summed E-state index contributed by atoms with van der Waals surface area (Å²) in [5.41, 5.74) is -0.666. The lowest BCUT2D eigenvalue weighted by molar-refractivity contribution is -0.176. The molecule has 0 bridgehead atoms. The lowest BCUT2D eigenvalue weighted by Gasteiger charge is -2.38. The average molecular weight is 314 g/mol. The molecule has 0 spiro atoms. The first-order chi connectivity index (χ1) is 10.2. The van der Waals surface area contributed by atoms with E-state index in [4.69, 9.17) is 0 Å². The van der Waals surface area contributed by atoms with Crippen LogP contribution in [0.25, 0.3) is 0 Å². The Morgan fingerprint density at radius 3 is 1.95 bits per heavy atom. The molecule has 1 N–H and O–H groups in total. The van der Waals surface area contributed by atoms with Crippen LogP contribution < -0.4 is 0 Å². The predicted octanol–water partition coefficient (Wildman–Crippen LogP) is 3.71. The number of alkyl halides is 2. The minimum absolute atomic E-state index is 0.285. The number of aliphatic hydroxyl groups is 1. The van der Waals surface area contributed by atoms with Crippen molar-refractivity contribution < 1.29 is 23.4 Å². The molecular formula is C17H24F2O3. The van der Waals surface area contributed by atoms with E-state index in [0.717, 1.165) is 12.7 Å². The molecule has 1 aromatic rings. The maximum atomic E-state index is 13.4. The predicted molar refractivity (Wildman–Crippen MR) is 80.8 cm³/mol. The maximum absolute atomic E-state index is 13.4. The molecule has 0 saturated heterocycles. The normalized spacial score (nSPS) is 16.0. The Labute approximate surface area is 130 Å². The molecule has 0 heterocycles. The van der Waals surface area contributed by atoms with Crippen LogP contribution in [-0.4, -0.2) is 24.6 Å². The summed E-state index contributed by atoms with van der Waals surface area (Å²) in [4.78, 5) is 11.8. The van der Waals surface area contributed by atoms with Crippen LogP contribution in [0.5, 0.6) is 0 Å². The van der Waals surface area contributed by atoms with Crippen LogP contribution in [0, 0.1) is 11.8 Å². The standard InChI is InChI=1S/C17H24F2O3/c1-10(2)12-6-8-13(9-7-12)17(21,11(3)4)14(15(18)19)16(20)22-5/h6-11,14-15,21H,1-5H3. The Morgan fingerprint density at radius 1 is 1.14 bits per heavy atom. The average Bonchev–Trinajstić information content (AvgIpc) is 2.46. The van der Waals surface area contributed by atoms with Gasteiger partial charge in [0, 0.05) is 0 Å². The molecule has 0 aliphatic rings. The summed E-state index contributed by atoms with van der Waals surface area (Å²) < 4.78 is 31.3. The van der Waals surface area contributed by atoms with Crippen LogP contribution >= 0.6 is 0 Å². The quantitative estimate of drug-likeness (QED) is 0.814. The molecule has 1 aromatic carbocycles. The third-order valence-electron chi connectivity index (χ3n) is 4.10. The van der Waals surface area contributed by atoms with Gasteiger partial charge in [-0.15, -0.1) is 0 Å². The first-order valence-electron chi connectivity index (χ1n) is 7.35. The second-order valence-electron chi connectivity index (χ2n) is 6.09. The number of rotatable bonds is 6. The maximum Gasteiger partial charge on any atom is 0.317 e. The molecule has 0 radical (unpaired) electrons. The smallest absolute Gasteiger partial charge is 0.317 e. The first-order valence-corrected chi connectivity index (χ1v) is 7.35. The van der Waals surface area contributed by atoms with Gasteiger partial charge in [0.25, 0.3) is 6.43 Å². The van der Waals surface area contributed by atoms with Gasteiger partial charge in [0.15, 0.2) is 5.92 Å². The van der Waals surface area contributed by atoms with Crippen molar-refractivity contribution >= 4 is 5.97 Å². The summed E-state index contributed by atoms with van der Waals surface area (Å²) >= 11 is 0. The number of hydrogen-bond donors (Lipinski definition) is 1. The summed E-state index contributed by atoms with van der Waals surface area (Å²) in [6, 6.07) is 6.78. The van der Waals surface area contributed by atoms with E-state index >= 15 is 0 Å². The van der Waals surface area contributed by atoms with Gasteiger partial charge in [0.05, 0.1) is 7.11 Å². The summed E-state index contributed by atoms with van der Waals surface area (Å²) in [5, 5.41) is 10.9. The van der Waals surface area contributed by atoms with Crippen LogP contribution in [0.4, 0.5) is 8.78 Å². The molecular weight excluding hydrogens is 290 g/mol. The topological polar surface area (TPSA) is 46.5 Å². The summed E-state index contributed by atoms with van der Waals surface area (Å²) in [5.74, 6) is -3.34. The molecule has 0 amide bonds. The number of hydrogen-bond acceptors (Lipinski definition) is 3. The van der Waals surface area contributed by atoms with Crippen LogP contribution in [-0.2, 0) is 15.1 Å². The molecule has 0 aromatic heterocycles. The molecule has 5 heteroatoms. The summed E-state index contributed by atoms with van der Waals surface area (Å²) in [6.45, 7) is 7.24. The van der Waals surface area contributed by atoms with E-state index in [1.54, 1.807) is 38.1 Å². The lowest BCUT2D eigenvalue weighted by Crippen LogP contribution is -2.48. The van der Waals surface area contributed by atoms with E-state index in [-0.39, 0.29) is 5.92 Å². The van der Waals surface area contributed by atoms with Crippen molar-refractivity contribution in [2.75, 3.05) is 7.11 Å². The lowest BCUT2D eigenvalue weighted by atomic mass is 9.73. The van der Waals surface area contributed by atoms with Gasteiger partial charge in [-0.3, -0.25) is 4.79 Å². The Hall–Kier alpha value is -1.49. The summed E-state index contributed by atoms with van der Waals surface area (Å²) in [6.07, 6.45) is -3.02. The van der Waals surface area contributed by atoms with Gasteiger partial charge in [-0.05, 0) is 23.0 Å². The van der Waals surface area contributed by atoms with Crippen molar-refractivity contribution in [3.63, 3.8) is 0 Å². The zero-order valence-electron chi connectivity index (χ0n) is 13.6. The fourth-order valence-electron chi connectivity index (χ4n) is 2.61. The van der Waals surface area contributed by atoms with Gasteiger partial charge in [-0.2, -0.15) is 0 Å². The van der Waals surface area contributed by atoms with Gasteiger partial charge in [0.1, 0.15) is 5.60 Å². The van der Waals surface area contributed by atoms with Crippen molar-refractivity contribution in [2.45, 2.75) is 45.6 Å². The molecule has 22 heavy (non-hydrogen) atoms. The van der Waals surface area contributed by atoms with Crippen molar-refractivity contribution in [1.82, 2.24) is 0 Å². The van der Waals surface area contributed by atoms with E-state index in [0.29, 0.717) is 5.56 Å². The van der Waals surface area contributed by atoms with E-state index in [1.807, 2.05) is 13.8 Å². The van der Waals surface area contributed by atoms with Crippen LogP contribution in [0.3, 0.4) is 0 Å². The number of halogens is 2. The number of carbonyl (C=O) groups excluding carboxylic acids is 1. The fraction of sp³-hybridized carbons (Fsp3) is 0.588. The molecule has 3 nitrogen and oxygen atoms in total. The number of esters is 1. The van der Waals surface area contributed by atoms with Crippen LogP contribution in [0.2, 0.25) is 0 Å². The minimum atomic E-state index is -3.02. The molecule has 2 atom stereocenters. The highest BCUT2D eigenvalue weighted by molar-refractivity contribution is 5.74. The monoisotopic (exact) mass is 314 g/mol. The molecule has 2 unspecified atom stereocenters. The van der Waals surface area contributed by atoms with E-state index in [1.165, 1.54) is 0 Å². The number of carbonyl (C=O) groups is 1. The molecule has 0 aliphatic heterocycles. The Kier molecular flexibility index (Phi) is 6.06. The third kappa shape index (κ3) is 3.46. The number of ether oxygens (including phenoxy) is 1. The zero-order valence-corrected chi connectivity index (χ0v) is 13.6. The second-order valence-corrected chi connectivity index (χ2v) is 6.09. The third-order valence-corrected chi connectivity index (χ3v) is 4.10. The highest BCUT2D eigenvalue weighted by Gasteiger charge is 2.51. The largest absolute Gasteiger partial charge is 0.469 e. The Morgan fingerprint density at radius 2 is 1.64 bits per heavy atom. The van der Waals surface area contributed by atoms with Crippen molar-refractivity contribution in [3.8, 4) is 0 Å².